The van der Waals surface area contributed by atoms with E-state index < -0.39 is 6.04 Å². The van der Waals surface area contributed by atoms with Crippen LogP contribution in [0.25, 0.3) is 0 Å². The quantitative estimate of drug-likeness (QED) is 0.787. The summed E-state index contributed by atoms with van der Waals surface area (Å²) in [5.74, 6) is 0.718. The molecular formula is C17H25N3O4. The fraction of sp³-hybridized carbons (Fsp3) is 0.529. The minimum atomic E-state index is -0.460. The summed E-state index contributed by atoms with van der Waals surface area (Å²) in [6.45, 7) is 3.52. The number of nitrogens with zero attached hydrogens (tertiary/aromatic N) is 1. The highest BCUT2D eigenvalue weighted by molar-refractivity contribution is 5.88. The van der Waals surface area contributed by atoms with Crippen LogP contribution in [0, 0.1) is 0 Å². The summed E-state index contributed by atoms with van der Waals surface area (Å²) in [5.41, 5.74) is 0.908. The largest absolute Gasteiger partial charge is 0.494 e. The summed E-state index contributed by atoms with van der Waals surface area (Å²) in [6, 6.07) is 6.36. The number of hydrogen-bond donors (Lipinski definition) is 2. The number of nitrogens with one attached hydrogen (secondary N) is 2. The van der Waals surface area contributed by atoms with E-state index in [1.165, 1.54) is 0 Å². The number of carbonyl (C=O) groups is 2. The summed E-state index contributed by atoms with van der Waals surface area (Å²) in [6.07, 6.45) is 0.626. The van der Waals surface area contributed by atoms with Crippen LogP contribution in [0.2, 0.25) is 0 Å². The number of urea groups is 1. The van der Waals surface area contributed by atoms with Gasteiger partial charge in [0.2, 0.25) is 5.91 Å². The molecular weight excluding hydrogens is 310 g/mol. The predicted octanol–water partition coefficient (Wildman–Crippen LogP) is 1.30. The van der Waals surface area contributed by atoms with E-state index in [1.54, 1.807) is 19.1 Å². The molecule has 24 heavy (non-hydrogen) atoms. The van der Waals surface area contributed by atoms with E-state index in [0.29, 0.717) is 26.2 Å². The number of hydrogen-bond acceptors (Lipinski definition) is 4. The van der Waals surface area contributed by atoms with Gasteiger partial charge in [0.15, 0.2) is 0 Å². The summed E-state index contributed by atoms with van der Waals surface area (Å²) in [5, 5.41) is 5.59. The molecule has 2 rings (SSSR count). The lowest BCUT2D eigenvalue weighted by Crippen LogP contribution is -2.47. The molecule has 0 spiro atoms. The molecule has 0 unspecified atom stereocenters. The lowest BCUT2D eigenvalue weighted by Gasteiger charge is -2.20. The first-order valence-corrected chi connectivity index (χ1v) is 8.08. The maximum Gasteiger partial charge on any atom is 0.316 e. The van der Waals surface area contributed by atoms with E-state index >= 15 is 0 Å². The van der Waals surface area contributed by atoms with Gasteiger partial charge in [-0.25, -0.2) is 4.79 Å². The topological polar surface area (TPSA) is 79.9 Å². The molecule has 1 aromatic carbocycles. The number of amides is 3. The van der Waals surface area contributed by atoms with Crippen LogP contribution in [0.15, 0.2) is 24.3 Å². The maximum atomic E-state index is 12.2. The van der Waals surface area contributed by atoms with Crippen molar-refractivity contribution < 1.29 is 19.1 Å². The molecule has 7 heteroatoms. The minimum Gasteiger partial charge on any atom is -0.494 e. The van der Waals surface area contributed by atoms with Gasteiger partial charge in [0.05, 0.1) is 19.3 Å². The minimum absolute atomic E-state index is 0.0606. The number of benzene rings is 1. The zero-order valence-corrected chi connectivity index (χ0v) is 14.4. The van der Waals surface area contributed by atoms with Gasteiger partial charge in [0, 0.05) is 20.7 Å². The Bertz CT molecular complexity index is 561. The van der Waals surface area contributed by atoms with Crippen LogP contribution >= 0.6 is 0 Å². The molecule has 0 radical (unpaired) electrons. The molecule has 1 aliphatic rings. The van der Waals surface area contributed by atoms with Crippen LogP contribution < -0.4 is 15.4 Å². The predicted molar refractivity (Wildman–Crippen MR) is 89.9 cm³/mol. The van der Waals surface area contributed by atoms with Crippen molar-refractivity contribution in [3.63, 3.8) is 0 Å². The molecule has 7 nitrogen and oxygen atoms in total. The summed E-state index contributed by atoms with van der Waals surface area (Å²) in [4.78, 5) is 25.7. The van der Waals surface area contributed by atoms with Crippen molar-refractivity contribution in [1.82, 2.24) is 15.5 Å². The second kappa shape index (κ2) is 8.54. The van der Waals surface area contributed by atoms with Crippen LogP contribution in [-0.2, 0) is 9.53 Å². The van der Waals surface area contributed by atoms with E-state index in [4.69, 9.17) is 9.47 Å². The number of methoxy groups -OCH3 is 1. The van der Waals surface area contributed by atoms with Gasteiger partial charge in [-0.2, -0.15) is 0 Å². The van der Waals surface area contributed by atoms with Crippen LogP contribution in [-0.4, -0.2) is 56.8 Å². The first-order chi connectivity index (χ1) is 11.5. The Balaban J connectivity index is 1.97. The zero-order valence-electron chi connectivity index (χ0n) is 14.4. The molecule has 0 aromatic heterocycles. The van der Waals surface area contributed by atoms with E-state index in [2.05, 4.69) is 10.6 Å². The van der Waals surface area contributed by atoms with E-state index in [-0.39, 0.29) is 18.0 Å². The Morgan fingerprint density at radius 2 is 2.08 bits per heavy atom. The average molecular weight is 335 g/mol. The fourth-order valence-corrected chi connectivity index (χ4v) is 2.67. The number of rotatable bonds is 7. The van der Waals surface area contributed by atoms with Crippen molar-refractivity contribution in [1.29, 1.82) is 0 Å². The molecule has 0 saturated carbocycles. The van der Waals surface area contributed by atoms with Crippen molar-refractivity contribution >= 4 is 11.9 Å². The maximum absolute atomic E-state index is 12.2. The van der Waals surface area contributed by atoms with Crippen LogP contribution in [0.3, 0.4) is 0 Å². The van der Waals surface area contributed by atoms with Gasteiger partial charge in [-0.15, -0.1) is 0 Å². The normalized spacial score (nSPS) is 18.4. The first kappa shape index (κ1) is 18.1. The van der Waals surface area contributed by atoms with E-state index in [1.807, 2.05) is 31.2 Å². The highest BCUT2D eigenvalue weighted by Gasteiger charge is 2.30. The van der Waals surface area contributed by atoms with Gasteiger partial charge < -0.3 is 25.0 Å². The third kappa shape index (κ3) is 4.61. The van der Waals surface area contributed by atoms with Crippen LogP contribution in [0.4, 0.5) is 4.79 Å². The third-order valence-corrected chi connectivity index (χ3v) is 3.96. The second-order valence-electron chi connectivity index (χ2n) is 5.73. The van der Waals surface area contributed by atoms with E-state index in [9.17, 15) is 9.59 Å². The monoisotopic (exact) mass is 335 g/mol. The fourth-order valence-electron chi connectivity index (χ4n) is 2.67. The van der Waals surface area contributed by atoms with Crippen molar-refractivity contribution in [3.05, 3.63) is 29.8 Å². The summed E-state index contributed by atoms with van der Waals surface area (Å²) in [7, 11) is 3.31. The molecule has 1 fully saturated rings. The van der Waals surface area contributed by atoms with Gasteiger partial charge >= 0.3 is 6.03 Å². The molecule has 1 aromatic rings. The van der Waals surface area contributed by atoms with Crippen molar-refractivity contribution in [3.8, 4) is 5.75 Å². The Kier molecular flexibility index (Phi) is 6.43. The lowest BCUT2D eigenvalue weighted by atomic mass is 10.1. The van der Waals surface area contributed by atoms with Gasteiger partial charge in [-0.3, -0.25) is 4.79 Å². The lowest BCUT2D eigenvalue weighted by molar-refractivity contribution is -0.128. The molecule has 132 valence electrons. The van der Waals surface area contributed by atoms with Crippen LogP contribution in [0.1, 0.15) is 24.9 Å². The highest BCUT2D eigenvalue weighted by atomic mass is 16.5. The molecule has 0 aliphatic carbocycles. The van der Waals surface area contributed by atoms with Crippen molar-refractivity contribution in [2.24, 2.45) is 0 Å². The molecule has 3 amide bonds. The number of likely N-dealkylation sites (tertiary alicyclic amines) is 1. The second-order valence-corrected chi connectivity index (χ2v) is 5.73. The van der Waals surface area contributed by atoms with Crippen molar-refractivity contribution in [2.75, 3.05) is 33.9 Å². The Hall–Kier alpha value is -2.28. The summed E-state index contributed by atoms with van der Waals surface area (Å²) < 4.78 is 10.6. The number of ether oxygens (including phenoxy) is 2. The SMILES string of the molecule is CCOc1ccc([C@@H](COC)NC(=O)N[C@H]2CCN(C)C2=O)cc1. The number of carbonyl (C=O) groups excluding carboxylic acids is 2. The Morgan fingerprint density at radius 1 is 1.38 bits per heavy atom. The summed E-state index contributed by atoms with van der Waals surface area (Å²) >= 11 is 0. The molecule has 0 bridgehead atoms. The van der Waals surface area contributed by atoms with Gasteiger partial charge in [0.25, 0.3) is 0 Å². The third-order valence-electron chi connectivity index (χ3n) is 3.96. The molecule has 1 saturated heterocycles. The molecule has 1 aliphatic heterocycles. The average Bonchev–Trinajstić information content (AvgIpc) is 2.87. The molecule has 2 N–H and O–H groups in total. The van der Waals surface area contributed by atoms with Gasteiger partial charge in [-0.1, -0.05) is 12.1 Å². The highest BCUT2D eigenvalue weighted by Crippen LogP contribution is 2.18. The zero-order chi connectivity index (χ0) is 17.5. The smallest absolute Gasteiger partial charge is 0.316 e. The van der Waals surface area contributed by atoms with E-state index in [0.717, 1.165) is 11.3 Å². The molecule has 2 atom stereocenters. The van der Waals surface area contributed by atoms with Crippen LogP contribution in [0.5, 0.6) is 5.75 Å². The molecule has 1 heterocycles. The standard InChI is InChI=1S/C17H25N3O4/c1-4-24-13-7-5-12(6-8-13)15(11-23-3)19-17(22)18-14-9-10-20(2)16(14)21/h5-8,14-15H,4,9-11H2,1-3H3,(H2,18,19,22)/t14-,15+/m0/s1. The van der Waals surface area contributed by atoms with Gasteiger partial charge in [-0.05, 0) is 31.0 Å². The van der Waals surface area contributed by atoms with Gasteiger partial charge in [0.1, 0.15) is 11.8 Å². The Labute approximate surface area is 142 Å². The number of likely N-dealkylation sites (N-methyl/N-ethyl adjacent to an activating group) is 1. The van der Waals surface area contributed by atoms with Crippen molar-refractivity contribution in [2.45, 2.75) is 25.4 Å². The first-order valence-electron chi connectivity index (χ1n) is 8.08. The Morgan fingerprint density at radius 3 is 2.62 bits per heavy atom.